The van der Waals surface area contributed by atoms with Gasteiger partial charge >= 0.3 is 0 Å². The third-order valence-electron chi connectivity index (χ3n) is 5.63. The molecule has 29 heavy (non-hydrogen) atoms. The van der Waals surface area contributed by atoms with Crippen LogP contribution in [0, 0.1) is 0 Å². The fourth-order valence-electron chi connectivity index (χ4n) is 3.73. The minimum atomic E-state index is 0.155. The van der Waals surface area contributed by atoms with Gasteiger partial charge in [-0.1, -0.05) is 109 Å². The van der Waals surface area contributed by atoms with Crippen LogP contribution in [0.25, 0.3) is 0 Å². The number of nitrogens with one attached hydrogen (secondary N) is 1. The summed E-state index contributed by atoms with van der Waals surface area (Å²) in [7, 11) is 1.66. The maximum absolute atomic E-state index is 12.0. The number of hydrogen-bond donors (Lipinski definition) is 1. The first-order valence-electron chi connectivity index (χ1n) is 12.2. The molecule has 0 heterocycles. The number of unbranched alkanes of at least 4 members (excludes halogenated alkanes) is 14. The van der Waals surface area contributed by atoms with Gasteiger partial charge in [-0.25, -0.2) is 0 Å². The Morgan fingerprint density at radius 3 is 1.83 bits per heavy atom. The standard InChI is InChI=1S/C26H45NO2/c1-3-4-5-6-7-8-9-10-11-12-13-14-15-16-17-21-26(28)27-23-24-19-18-20-25(22-24)29-2/h18-20,22H,3-17,21,23H2,1-2H3,(H,27,28). The molecule has 0 fully saturated rings. The van der Waals surface area contributed by atoms with E-state index in [-0.39, 0.29) is 5.91 Å². The number of carbonyl (C=O) groups excluding carboxylic acids is 1. The van der Waals surface area contributed by atoms with Crippen molar-refractivity contribution < 1.29 is 9.53 Å². The normalized spacial score (nSPS) is 10.8. The highest BCUT2D eigenvalue weighted by atomic mass is 16.5. The monoisotopic (exact) mass is 403 g/mol. The van der Waals surface area contributed by atoms with Crippen molar-refractivity contribution in [2.24, 2.45) is 0 Å². The van der Waals surface area contributed by atoms with E-state index >= 15 is 0 Å². The molecule has 0 unspecified atom stereocenters. The summed E-state index contributed by atoms with van der Waals surface area (Å²) in [6.07, 6.45) is 20.9. The number of rotatable bonds is 19. The third kappa shape index (κ3) is 15.1. The lowest BCUT2D eigenvalue weighted by Gasteiger charge is -2.07. The van der Waals surface area contributed by atoms with Crippen molar-refractivity contribution in [1.82, 2.24) is 5.32 Å². The van der Waals surface area contributed by atoms with Crippen LogP contribution in [0.15, 0.2) is 24.3 Å². The van der Waals surface area contributed by atoms with Crippen LogP contribution in [0.5, 0.6) is 5.75 Å². The Morgan fingerprint density at radius 2 is 1.31 bits per heavy atom. The van der Waals surface area contributed by atoms with Gasteiger partial charge in [0.15, 0.2) is 0 Å². The Hall–Kier alpha value is -1.51. The SMILES string of the molecule is CCCCCCCCCCCCCCCCCC(=O)NCc1cccc(OC)c1. The number of ether oxygens (including phenoxy) is 1. The lowest BCUT2D eigenvalue weighted by Crippen LogP contribution is -2.22. The minimum absolute atomic E-state index is 0.155. The van der Waals surface area contributed by atoms with E-state index in [0.29, 0.717) is 13.0 Å². The summed E-state index contributed by atoms with van der Waals surface area (Å²) >= 11 is 0. The zero-order chi connectivity index (χ0) is 21.0. The van der Waals surface area contributed by atoms with Gasteiger partial charge in [0, 0.05) is 13.0 Å². The smallest absolute Gasteiger partial charge is 0.220 e. The van der Waals surface area contributed by atoms with Crippen molar-refractivity contribution in [2.45, 2.75) is 116 Å². The minimum Gasteiger partial charge on any atom is -0.497 e. The molecule has 0 aromatic heterocycles. The van der Waals surface area contributed by atoms with Crippen molar-refractivity contribution >= 4 is 5.91 Å². The number of amides is 1. The van der Waals surface area contributed by atoms with Crippen molar-refractivity contribution in [3.63, 3.8) is 0 Å². The van der Waals surface area contributed by atoms with E-state index in [0.717, 1.165) is 17.7 Å². The van der Waals surface area contributed by atoms with Crippen LogP contribution in [0.3, 0.4) is 0 Å². The summed E-state index contributed by atoms with van der Waals surface area (Å²) in [6.45, 7) is 2.86. The van der Waals surface area contributed by atoms with Crippen LogP contribution < -0.4 is 10.1 Å². The van der Waals surface area contributed by atoms with E-state index in [9.17, 15) is 4.79 Å². The molecule has 166 valence electrons. The second kappa shape index (κ2) is 18.5. The maximum atomic E-state index is 12.0. The first-order valence-corrected chi connectivity index (χ1v) is 12.2. The molecule has 0 spiro atoms. The van der Waals surface area contributed by atoms with Gasteiger partial charge in [0.25, 0.3) is 0 Å². The molecule has 0 aliphatic rings. The Kier molecular flexibility index (Phi) is 16.3. The zero-order valence-corrected chi connectivity index (χ0v) is 19.1. The average molecular weight is 404 g/mol. The van der Waals surface area contributed by atoms with E-state index in [4.69, 9.17) is 4.74 Å². The fraction of sp³-hybridized carbons (Fsp3) is 0.731. The van der Waals surface area contributed by atoms with E-state index < -0.39 is 0 Å². The Bertz CT molecular complexity index is 515. The zero-order valence-electron chi connectivity index (χ0n) is 19.1. The molecule has 3 heteroatoms. The first kappa shape index (κ1) is 25.5. The van der Waals surface area contributed by atoms with Crippen molar-refractivity contribution in [3.8, 4) is 5.75 Å². The molecule has 0 saturated carbocycles. The molecular weight excluding hydrogens is 358 g/mol. The predicted octanol–water partition coefficient (Wildman–Crippen LogP) is 7.57. The molecular formula is C26H45NO2. The van der Waals surface area contributed by atoms with Gasteiger partial charge in [-0.05, 0) is 24.1 Å². The number of methoxy groups -OCH3 is 1. The predicted molar refractivity (Wildman–Crippen MR) is 124 cm³/mol. The fourth-order valence-corrected chi connectivity index (χ4v) is 3.73. The summed E-state index contributed by atoms with van der Waals surface area (Å²) < 4.78 is 5.21. The Morgan fingerprint density at radius 1 is 0.793 bits per heavy atom. The molecule has 1 aromatic carbocycles. The van der Waals surface area contributed by atoms with Crippen LogP contribution in [0.2, 0.25) is 0 Å². The average Bonchev–Trinajstić information content (AvgIpc) is 2.75. The molecule has 1 rings (SSSR count). The van der Waals surface area contributed by atoms with Crippen LogP contribution >= 0.6 is 0 Å². The van der Waals surface area contributed by atoms with Gasteiger partial charge in [0.2, 0.25) is 5.91 Å². The molecule has 1 aromatic rings. The lowest BCUT2D eigenvalue weighted by molar-refractivity contribution is -0.121. The van der Waals surface area contributed by atoms with Gasteiger partial charge in [-0.2, -0.15) is 0 Å². The molecule has 1 amide bonds. The van der Waals surface area contributed by atoms with E-state index in [1.807, 2.05) is 24.3 Å². The highest BCUT2D eigenvalue weighted by molar-refractivity contribution is 5.75. The Labute approximate surface area is 180 Å². The maximum Gasteiger partial charge on any atom is 0.220 e. The van der Waals surface area contributed by atoms with Crippen molar-refractivity contribution in [3.05, 3.63) is 29.8 Å². The lowest BCUT2D eigenvalue weighted by atomic mass is 10.0. The first-order chi connectivity index (χ1) is 14.3. The number of carbonyl (C=O) groups is 1. The van der Waals surface area contributed by atoms with Crippen LogP contribution in [0.4, 0.5) is 0 Å². The van der Waals surface area contributed by atoms with E-state index in [1.54, 1.807) is 7.11 Å². The molecule has 0 saturated heterocycles. The molecule has 0 aliphatic heterocycles. The molecule has 0 radical (unpaired) electrons. The van der Waals surface area contributed by atoms with Gasteiger partial charge in [-0.15, -0.1) is 0 Å². The topological polar surface area (TPSA) is 38.3 Å². The van der Waals surface area contributed by atoms with Gasteiger partial charge in [0.05, 0.1) is 7.11 Å². The van der Waals surface area contributed by atoms with E-state index in [1.165, 1.54) is 89.9 Å². The van der Waals surface area contributed by atoms with Crippen LogP contribution in [-0.2, 0) is 11.3 Å². The summed E-state index contributed by atoms with van der Waals surface area (Å²) in [5.74, 6) is 0.988. The molecule has 0 bridgehead atoms. The Balaban J connectivity index is 1.84. The van der Waals surface area contributed by atoms with Gasteiger partial charge < -0.3 is 10.1 Å². The summed E-state index contributed by atoms with van der Waals surface area (Å²) in [5, 5.41) is 3.01. The van der Waals surface area contributed by atoms with E-state index in [2.05, 4.69) is 12.2 Å². The largest absolute Gasteiger partial charge is 0.497 e. The summed E-state index contributed by atoms with van der Waals surface area (Å²) in [5.41, 5.74) is 1.08. The van der Waals surface area contributed by atoms with Crippen LogP contribution in [0.1, 0.15) is 115 Å². The van der Waals surface area contributed by atoms with Crippen molar-refractivity contribution in [2.75, 3.05) is 7.11 Å². The second-order valence-corrected chi connectivity index (χ2v) is 8.33. The molecule has 3 nitrogen and oxygen atoms in total. The van der Waals surface area contributed by atoms with Gasteiger partial charge in [0.1, 0.15) is 5.75 Å². The number of hydrogen-bond acceptors (Lipinski definition) is 2. The summed E-state index contributed by atoms with van der Waals surface area (Å²) in [4.78, 5) is 12.0. The molecule has 1 N–H and O–H groups in total. The molecule has 0 aliphatic carbocycles. The van der Waals surface area contributed by atoms with Crippen molar-refractivity contribution in [1.29, 1.82) is 0 Å². The molecule has 0 atom stereocenters. The summed E-state index contributed by atoms with van der Waals surface area (Å²) in [6, 6.07) is 7.85. The third-order valence-corrected chi connectivity index (χ3v) is 5.63. The van der Waals surface area contributed by atoms with Crippen LogP contribution in [-0.4, -0.2) is 13.0 Å². The quantitative estimate of drug-likeness (QED) is 0.242. The highest BCUT2D eigenvalue weighted by Crippen LogP contribution is 2.14. The highest BCUT2D eigenvalue weighted by Gasteiger charge is 2.02. The second-order valence-electron chi connectivity index (χ2n) is 8.33. The number of benzene rings is 1. The van der Waals surface area contributed by atoms with Gasteiger partial charge in [-0.3, -0.25) is 4.79 Å².